The third-order valence-corrected chi connectivity index (χ3v) is 4.67. The maximum atomic E-state index is 5.89. The Kier molecular flexibility index (Phi) is 4.47. The topological polar surface area (TPSA) is 52.3 Å². The second-order valence-electron chi connectivity index (χ2n) is 6.64. The summed E-state index contributed by atoms with van der Waals surface area (Å²) < 4.78 is 7.67. The molecule has 2 aromatic heterocycles. The summed E-state index contributed by atoms with van der Waals surface area (Å²) in [7, 11) is 0. The van der Waals surface area contributed by atoms with Gasteiger partial charge in [-0.05, 0) is 35.9 Å². The van der Waals surface area contributed by atoms with Crippen molar-refractivity contribution < 1.29 is 4.74 Å². The van der Waals surface area contributed by atoms with Gasteiger partial charge >= 0.3 is 0 Å². The predicted molar refractivity (Wildman–Crippen MR) is 112 cm³/mol. The van der Waals surface area contributed by atoms with Crippen LogP contribution in [0.4, 0.5) is 0 Å². The lowest BCUT2D eigenvalue weighted by atomic mass is 10.1. The Morgan fingerprint density at radius 2 is 1.45 bits per heavy atom. The first-order valence-electron chi connectivity index (χ1n) is 9.41. The molecule has 0 N–H and O–H groups in total. The highest BCUT2D eigenvalue weighted by Crippen LogP contribution is 2.24. The fraction of sp³-hybridized carbons (Fsp3) is 0.0417. The van der Waals surface area contributed by atoms with E-state index in [4.69, 9.17) is 4.74 Å². The molecule has 0 aliphatic rings. The summed E-state index contributed by atoms with van der Waals surface area (Å²) in [6.07, 6.45) is 1.76. The molecule has 0 amide bonds. The molecule has 5 heteroatoms. The van der Waals surface area contributed by atoms with Crippen molar-refractivity contribution in [2.45, 2.75) is 6.61 Å². The van der Waals surface area contributed by atoms with E-state index in [1.54, 1.807) is 10.7 Å². The van der Waals surface area contributed by atoms with Gasteiger partial charge in [-0.15, -0.1) is 5.10 Å². The Bertz CT molecular complexity index is 1230. The van der Waals surface area contributed by atoms with Crippen molar-refractivity contribution in [1.82, 2.24) is 19.6 Å². The van der Waals surface area contributed by atoms with Crippen molar-refractivity contribution >= 4 is 5.78 Å². The highest BCUT2D eigenvalue weighted by atomic mass is 16.5. The zero-order valence-corrected chi connectivity index (χ0v) is 15.6. The van der Waals surface area contributed by atoms with Gasteiger partial charge in [0.05, 0.1) is 5.69 Å². The second-order valence-corrected chi connectivity index (χ2v) is 6.64. The molecule has 5 nitrogen and oxygen atoms in total. The maximum Gasteiger partial charge on any atom is 0.253 e. The molecule has 140 valence electrons. The minimum absolute atomic E-state index is 0.545. The average Bonchev–Trinajstić information content (AvgIpc) is 3.24. The molecule has 5 aromatic rings. The van der Waals surface area contributed by atoms with E-state index in [1.807, 2.05) is 78.9 Å². The molecule has 0 saturated heterocycles. The van der Waals surface area contributed by atoms with E-state index in [2.05, 4.69) is 27.2 Å². The van der Waals surface area contributed by atoms with Gasteiger partial charge in [-0.2, -0.15) is 9.50 Å². The number of hydrogen-bond acceptors (Lipinski definition) is 4. The first-order chi connectivity index (χ1) is 14.4. The molecule has 0 fully saturated rings. The monoisotopic (exact) mass is 378 g/mol. The van der Waals surface area contributed by atoms with E-state index in [0.29, 0.717) is 18.2 Å². The molecule has 0 unspecified atom stereocenters. The fourth-order valence-corrected chi connectivity index (χ4v) is 3.19. The minimum Gasteiger partial charge on any atom is -0.489 e. The maximum absolute atomic E-state index is 5.89. The second kappa shape index (κ2) is 7.56. The zero-order valence-electron chi connectivity index (χ0n) is 15.6. The molecule has 0 saturated carbocycles. The van der Waals surface area contributed by atoms with Gasteiger partial charge < -0.3 is 4.74 Å². The third kappa shape index (κ3) is 3.58. The Balaban J connectivity index is 1.42. The SMILES string of the molecule is c1ccc(COc2ccc(-c3ccnc4nc(-c5ccccc5)nn34)cc2)cc1. The molecule has 2 heterocycles. The van der Waals surface area contributed by atoms with Gasteiger partial charge in [-0.3, -0.25) is 0 Å². The lowest BCUT2D eigenvalue weighted by Crippen LogP contribution is -1.97. The Morgan fingerprint density at radius 1 is 0.724 bits per heavy atom. The quantitative estimate of drug-likeness (QED) is 0.430. The van der Waals surface area contributed by atoms with Crippen LogP contribution in [0.3, 0.4) is 0 Å². The summed E-state index contributed by atoms with van der Waals surface area (Å²) in [5.41, 5.74) is 4.06. The van der Waals surface area contributed by atoms with Gasteiger partial charge in [-0.25, -0.2) is 4.98 Å². The molecule has 5 rings (SSSR count). The molecule has 0 radical (unpaired) electrons. The van der Waals surface area contributed by atoms with Gasteiger partial charge in [0.25, 0.3) is 5.78 Å². The van der Waals surface area contributed by atoms with E-state index in [-0.39, 0.29) is 0 Å². The molecule has 0 atom stereocenters. The smallest absolute Gasteiger partial charge is 0.253 e. The molecular weight excluding hydrogens is 360 g/mol. The average molecular weight is 378 g/mol. The van der Waals surface area contributed by atoms with Crippen molar-refractivity contribution in [3.63, 3.8) is 0 Å². The van der Waals surface area contributed by atoms with Gasteiger partial charge in [-0.1, -0.05) is 60.7 Å². The van der Waals surface area contributed by atoms with E-state index in [0.717, 1.165) is 28.1 Å². The van der Waals surface area contributed by atoms with E-state index in [1.165, 1.54) is 0 Å². The first kappa shape index (κ1) is 17.1. The number of fused-ring (bicyclic) bond motifs is 1. The zero-order chi connectivity index (χ0) is 19.5. The minimum atomic E-state index is 0.545. The van der Waals surface area contributed by atoms with E-state index in [9.17, 15) is 0 Å². The summed E-state index contributed by atoms with van der Waals surface area (Å²) in [6, 6.07) is 30.0. The standard InChI is InChI=1S/C24H18N4O/c1-3-7-18(8-4-1)17-29-21-13-11-19(12-14-21)22-15-16-25-24-26-23(27-28(22)24)20-9-5-2-6-10-20/h1-16H,17H2. The van der Waals surface area contributed by atoms with Crippen molar-refractivity contribution in [3.8, 4) is 28.4 Å². The van der Waals surface area contributed by atoms with Crippen LogP contribution in [0.1, 0.15) is 5.56 Å². The van der Waals surface area contributed by atoms with Crippen molar-refractivity contribution in [3.05, 3.63) is 103 Å². The van der Waals surface area contributed by atoms with Crippen LogP contribution in [0.5, 0.6) is 5.75 Å². The lowest BCUT2D eigenvalue weighted by molar-refractivity contribution is 0.306. The summed E-state index contributed by atoms with van der Waals surface area (Å²) in [4.78, 5) is 8.92. The van der Waals surface area contributed by atoms with Gasteiger partial charge in [0.1, 0.15) is 12.4 Å². The first-order valence-corrected chi connectivity index (χ1v) is 9.41. The molecule has 29 heavy (non-hydrogen) atoms. The number of hydrogen-bond donors (Lipinski definition) is 0. The van der Waals surface area contributed by atoms with Crippen LogP contribution in [0, 0.1) is 0 Å². The molecule has 0 bridgehead atoms. The van der Waals surface area contributed by atoms with Crippen LogP contribution < -0.4 is 4.74 Å². The van der Waals surface area contributed by atoms with Crippen LogP contribution in [-0.2, 0) is 6.61 Å². The Labute approximate surface area is 168 Å². The van der Waals surface area contributed by atoms with Crippen LogP contribution >= 0.6 is 0 Å². The van der Waals surface area contributed by atoms with Gasteiger partial charge in [0.15, 0.2) is 5.82 Å². The Morgan fingerprint density at radius 3 is 2.21 bits per heavy atom. The molecule has 0 spiro atoms. The van der Waals surface area contributed by atoms with Gasteiger partial charge in [0, 0.05) is 17.3 Å². The lowest BCUT2D eigenvalue weighted by Gasteiger charge is -2.08. The number of nitrogens with zero attached hydrogens (tertiary/aromatic N) is 4. The van der Waals surface area contributed by atoms with Crippen LogP contribution in [0.2, 0.25) is 0 Å². The number of rotatable bonds is 5. The molecular formula is C24H18N4O. The van der Waals surface area contributed by atoms with Crippen molar-refractivity contribution in [2.24, 2.45) is 0 Å². The normalized spacial score (nSPS) is 10.9. The highest BCUT2D eigenvalue weighted by molar-refractivity contribution is 5.64. The number of aromatic nitrogens is 4. The van der Waals surface area contributed by atoms with Crippen LogP contribution in [0.15, 0.2) is 97.2 Å². The molecule has 0 aliphatic carbocycles. The molecule has 3 aromatic carbocycles. The predicted octanol–water partition coefficient (Wildman–Crippen LogP) is 5.04. The summed E-state index contributed by atoms with van der Waals surface area (Å²) in [6.45, 7) is 0.545. The highest BCUT2D eigenvalue weighted by Gasteiger charge is 2.11. The summed E-state index contributed by atoms with van der Waals surface area (Å²) in [5.74, 6) is 2.06. The third-order valence-electron chi connectivity index (χ3n) is 4.67. The largest absolute Gasteiger partial charge is 0.489 e. The number of benzene rings is 3. The van der Waals surface area contributed by atoms with Gasteiger partial charge in [0.2, 0.25) is 0 Å². The number of ether oxygens (including phenoxy) is 1. The van der Waals surface area contributed by atoms with Crippen LogP contribution in [-0.4, -0.2) is 19.6 Å². The Hall–Kier alpha value is -3.99. The summed E-state index contributed by atoms with van der Waals surface area (Å²) >= 11 is 0. The summed E-state index contributed by atoms with van der Waals surface area (Å²) in [5, 5.41) is 4.67. The van der Waals surface area contributed by atoms with Crippen molar-refractivity contribution in [1.29, 1.82) is 0 Å². The van der Waals surface area contributed by atoms with Crippen molar-refractivity contribution in [2.75, 3.05) is 0 Å². The van der Waals surface area contributed by atoms with Crippen LogP contribution in [0.25, 0.3) is 28.4 Å². The van der Waals surface area contributed by atoms with E-state index >= 15 is 0 Å². The molecule has 0 aliphatic heterocycles. The van der Waals surface area contributed by atoms with E-state index < -0.39 is 0 Å². The fourth-order valence-electron chi connectivity index (χ4n) is 3.19.